The maximum absolute atomic E-state index is 12.2. The molecule has 0 spiro atoms. The maximum atomic E-state index is 12.2. The SMILES string of the molecule is Cc1ccc(C(C)C)cc1O[C@H](C)C(=O)N/N=C\c1cccc(I)c1. The average Bonchev–Trinajstić information content (AvgIpc) is 2.56. The number of halogens is 1. The Hall–Kier alpha value is -1.89. The largest absolute Gasteiger partial charge is 0.481 e. The molecule has 0 fully saturated rings. The zero-order chi connectivity index (χ0) is 18.4. The minimum Gasteiger partial charge on any atom is -0.481 e. The predicted octanol–water partition coefficient (Wildman–Crippen LogP) is 4.64. The number of ether oxygens (including phenoxy) is 1. The molecule has 25 heavy (non-hydrogen) atoms. The lowest BCUT2D eigenvalue weighted by molar-refractivity contribution is -0.127. The first kappa shape index (κ1) is 19.4. The molecule has 1 N–H and O–H groups in total. The standard InChI is InChI=1S/C20H23IN2O2/c1-13(2)17-9-8-14(3)19(11-17)25-15(4)20(24)23-22-12-16-6-5-7-18(21)10-16/h5-13,15H,1-4H3,(H,23,24)/b22-12-/t15-/m1/s1. The van der Waals surface area contributed by atoms with Gasteiger partial charge in [-0.15, -0.1) is 0 Å². The molecule has 2 aromatic carbocycles. The van der Waals surface area contributed by atoms with E-state index < -0.39 is 6.10 Å². The van der Waals surface area contributed by atoms with Crippen molar-refractivity contribution in [2.24, 2.45) is 5.10 Å². The second-order valence-corrected chi connectivity index (χ2v) is 7.47. The number of amides is 1. The number of rotatable bonds is 6. The van der Waals surface area contributed by atoms with Crippen LogP contribution in [0.15, 0.2) is 47.6 Å². The van der Waals surface area contributed by atoms with E-state index in [2.05, 4.69) is 53.0 Å². The first-order valence-electron chi connectivity index (χ1n) is 8.22. The summed E-state index contributed by atoms with van der Waals surface area (Å²) in [6, 6.07) is 14.0. The summed E-state index contributed by atoms with van der Waals surface area (Å²) in [4.78, 5) is 12.2. The molecule has 4 nitrogen and oxygen atoms in total. The monoisotopic (exact) mass is 450 g/mol. The van der Waals surface area contributed by atoms with Gasteiger partial charge in [-0.05, 0) is 77.2 Å². The second kappa shape index (κ2) is 8.99. The normalized spacial score (nSPS) is 12.4. The molecule has 0 aliphatic carbocycles. The minimum absolute atomic E-state index is 0.281. The van der Waals surface area contributed by atoms with E-state index in [0.717, 1.165) is 20.4 Å². The Morgan fingerprint density at radius 3 is 2.64 bits per heavy atom. The fraction of sp³-hybridized carbons (Fsp3) is 0.300. The van der Waals surface area contributed by atoms with Gasteiger partial charge in [-0.3, -0.25) is 4.79 Å². The lowest BCUT2D eigenvalue weighted by Gasteiger charge is -2.16. The summed E-state index contributed by atoms with van der Waals surface area (Å²) in [7, 11) is 0. The third-order valence-electron chi connectivity index (χ3n) is 3.79. The van der Waals surface area contributed by atoms with Crippen LogP contribution in [-0.4, -0.2) is 18.2 Å². The molecular weight excluding hydrogens is 427 g/mol. The lowest BCUT2D eigenvalue weighted by Crippen LogP contribution is -2.33. The van der Waals surface area contributed by atoms with Crippen molar-refractivity contribution in [1.82, 2.24) is 5.43 Å². The van der Waals surface area contributed by atoms with Crippen LogP contribution in [0.3, 0.4) is 0 Å². The number of hydrogen-bond donors (Lipinski definition) is 1. The Bertz CT molecular complexity index is 772. The molecule has 5 heteroatoms. The van der Waals surface area contributed by atoms with E-state index in [-0.39, 0.29) is 5.91 Å². The fourth-order valence-corrected chi connectivity index (χ4v) is 2.76. The number of nitrogens with one attached hydrogen (secondary N) is 1. The van der Waals surface area contributed by atoms with E-state index in [9.17, 15) is 4.79 Å². The third kappa shape index (κ3) is 5.85. The minimum atomic E-state index is -0.630. The molecule has 0 saturated heterocycles. The molecule has 2 rings (SSSR count). The van der Waals surface area contributed by atoms with E-state index in [1.54, 1.807) is 13.1 Å². The lowest BCUT2D eigenvalue weighted by atomic mass is 10.0. The van der Waals surface area contributed by atoms with Gasteiger partial charge in [0.25, 0.3) is 5.91 Å². The summed E-state index contributed by atoms with van der Waals surface area (Å²) in [5, 5.41) is 4.01. The van der Waals surface area contributed by atoms with Gasteiger partial charge in [-0.1, -0.05) is 38.1 Å². The molecule has 2 aromatic rings. The summed E-state index contributed by atoms with van der Waals surface area (Å²) in [5.74, 6) is 0.858. The van der Waals surface area contributed by atoms with E-state index in [1.165, 1.54) is 5.56 Å². The van der Waals surface area contributed by atoms with Crippen LogP contribution in [0.2, 0.25) is 0 Å². The van der Waals surface area contributed by atoms with Crippen molar-refractivity contribution >= 4 is 34.7 Å². The summed E-state index contributed by atoms with van der Waals surface area (Å²) in [6.45, 7) is 7.95. The third-order valence-corrected chi connectivity index (χ3v) is 4.46. The molecule has 132 valence electrons. The Morgan fingerprint density at radius 2 is 1.96 bits per heavy atom. The number of benzene rings is 2. The van der Waals surface area contributed by atoms with Crippen LogP contribution in [0.4, 0.5) is 0 Å². The first-order chi connectivity index (χ1) is 11.9. The molecule has 0 heterocycles. The van der Waals surface area contributed by atoms with E-state index in [0.29, 0.717) is 5.92 Å². The zero-order valence-corrected chi connectivity index (χ0v) is 17.1. The Labute approximate surface area is 162 Å². The summed E-state index contributed by atoms with van der Waals surface area (Å²) < 4.78 is 6.95. The van der Waals surface area contributed by atoms with Gasteiger partial charge in [0.05, 0.1) is 6.21 Å². The van der Waals surface area contributed by atoms with Crippen LogP contribution in [0.1, 0.15) is 43.4 Å². The van der Waals surface area contributed by atoms with Gasteiger partial charge in [0, 0.05) is 3.57 Å². The van der Waals surface area contributed by atoms with Gasteiger partial charge in [0.15, 0.2) is 6.10 Å². The highest BCUT2D eigenvalue weighted by Gasteiger charge is 2.15. The first-order valence-corrected chi connectivity index (χ1v) is 9.30. The number of hydrazone groups is 1. The summed E-state index contributed by atoms with van der Waals surface area (Å²) >= 11 is 2.23. The van der Waals surface area contributed by atoms with E-state index >= 15 is 0 Å². The van der Waals surface area contributed by atoms with Crippen LogP contribution >= 0.6 is 22.6 Å². The molecule has 1 amide bonds. The predicted molar refractivity (Wildman–Crippen MR) is 110 cm³/mol. The number of carbonyl (C=O) groups is 1. The van der Waals surface area contributed by atoms with Crippen LogP contribution < -0.4 is 10.2 Å². The van der Waals surface area contributed by atoms with Gasteiger partial charge < -0.3 is 4.74 Å². The molecule has 0 radical (unpaired) electrons. The molecule has 0 aliphatic heterocycles. The van der Waals surface area contributed by atoms with Gasteiger partial charge >= 0.3 is 0 Å². The van der Waals surface area contributed by atoms with Crippen molar-refractivity contribution in [3.63, 3.8) is 0 Å². The van der Waals surface area contributed by atoms with Crippen LogP contribution in [0, 0.1) is 10.5 Å². The van der Waals surface area contributed by atoms with Crippen molar-refractivity contribution < 1.29 is 9.53 Å². The Kier molecular flexibility index (Phi) is 6.99. The molecule has 0 aliphatic rings. The zero-order valence-electron chi connectivity index (χ0n) is 14.9. The van der Waals surface area contributed by atoms with Crippen molar-refractivity contribution in [2.75, 3.05) is 0 Å². The molecule has 0 aromatic heterocycles. The van der Waals surface area contributed by atoms with Gasteiger partial charge in [-0.25, -0.2) is 5.43 Å². The average molecular weight is 450 g/mol. The van der Waals surface area contributed by atoms with Crippen LogP contribution in [0.25, 0.3) is 0 Å². The second-order valence-electron chi connectivity index (χ2n) is 6.23. The highest BCUT2D eigenvalue weighted by molar-refractivity contribution is 14.1. The van der Waals surface area contributed by atoms with Gasteiger partial charge in [-0.2, -0.15) is 5.10 Å². The summed E-state index contributed by atoms with van der Waals surface area (Å²) in [5.41, 5.74) is 5.65. The molecule has 0 unspecified atom stereocenters. The van der Waals surface area contributed by atoms with Crippen molar-refractivity contribution in [2.45, 2.75) is 39.7 Å². The van der Waals surface area contributed by atoms with Crippen molar-refractivity contribution in [3.8, 4) is 5.75 Å². The van der Waals surface area contributed by atoms with E-state index in [4.69, 9.17) is 4.74 Å². The van der Waals surface area contributed by atoms with Crippen molar-refractivity contribution in [1.29, 1.82) is 0 Å². The highest BCUT2D eigenvalue weighted by atomic mass is 127. The Balaban J connectivity index is 1.97. The molecular formula is C20H23IN2O2. The topological polar surface area (TPSA) is 50.7 Å². The molecule has 0 bridgehead atoms. The molecule has 1 atom stereocenters. The smallest absolute Gasteiger partial charge is 0.280 e. The van der Waals surface area contributed by atoms with Crippen LogP contribution in [-0.2, 0) is 4.79 Å². The number of carbonyl (C=O) groups excluding carboxylic acids is 1. The molecule has 0 saturated carbocycles. The summed E-state index contributed by atoms with van der Waals surface area (Å²) in [6.07, 6.45) is 0.992. The van der Waals surface area contributed by atoms with Gasteiger partial charge in [0.2, 0.25) is 0 Å². The van der Waals surface area contributed by atoms with Crippen LogP contribution in [0.5, 0.6) is 5.75 Å². The van der Waals surface area contributed by atoms with E-state index in [1.807, 2.05) is 43.3 Å². The highest BCUT2D eigenvalue weighted by Crippen LogP contribution is 2.25. The number of nitrogens with zero attached hydrogens (tertiary/aromatic N) is 1. The fourth-order valence-electron chi connectivity index (χ4n) is 2.19. The maximum Gasteiger partial charge on any atom is 0.280 e. The van der Waals surface area contributed by atoms with Gasteiger partial charge in [0.1, 0.15) is 5.75 Å². The van der Waals surface area contributed by atoms with Crippen molar-refractivity contribution in [3.05, 3.63) is 62.7 Å². The number of hydrogen-bond acceptors (Lipinski definition) is 3. The quantitative estimate of drug-likeness (QED) is 0.396. The number of aryl methyl sites for hydroxylation is 1. The Morgan fingerprint density at radius 1 is 1.20 bits per heavy atom.